The molecule has 0 aliphatic heterocycles. The summed E-state index contributed by atoms with van der Waals surface area (Å²) in [5.41, 5.74) is 0. The number of amides is 1. The topological polar surface area (TPSA) is 95.9 Å². The summed E-state index contributed by atoms with van der Waals surface area (Å²) in [6.07, 6.45) is 61.9. The van der Waals surface area contributed by atoms with Crippen LogP contribution in [-0.4, -0.2) is 46.9 Å². The predicted molar refractivity (Wildman–Crippen MR) is 273 cm³/mol. The molecular formula is C57H105NO5. The first-order valence-electron chi connectivity index (χ1n) is 27.4. The smallest absolute Gasteiger partial charge is 0.306 e. The summed E-state index contributed by atoms with van der Waals surface area (Å²) in [6, 6.07) is -0.721. The van der Waals surface area contributed by atoms with E-state index < -0.39 is 18.2 Å². The fraction of sp³-hybridized carbons (Fsp3) is 0.825. The molecule has 6 nitrogen and oxygen atoms in total. The number of aliphatic hydroxyl groups excluding tert-OH is 2. The number of hydrogen-bond acceptors (Lipinski definition) is 5. The zero-order valence-electron chi connectivity index (χ0n) is 42.0. The molecule has 3 N–H and O–H groups in total. The molecule has 63 heavy (non-hydrogen) atoms. The van der Waals surface area contributed by atoms with Crippen LogP contribution in [0, 0.1) is 0 Å². The van der Waals surface area contributed by atoms with Crippen molar-refractivity contribution in [1.29, 1.82) is 0 Å². The Morgan fingerprint density at radius 3 is 1.27 bits per heavy atom. The van der Waals surface area contributed by atoms with Gasteiger partial charge in [0.05, 0.1) is 25.2 Å². The van der Waals surface area contributed by atoms with Crippen molar-refractivity contribution in [3.8, 4) is 0 Å². The maximum absolute atomic E-state index is 13.2. The molecule has 3 atom stereocenters. The molecule has 0 bridgehead atoms. The highest BCUT2D eigenvalue weighted by molar-refractivity contribution is 5.77. The minimum absolute atomic E-state index is 0.0345. The van der Waals surface area contributed by atoms with Crippen LogP contribution in [0.3, 0.4) is 0 Å². The normalized spacial score (nSPS) is 13.5. The van der Waals surface area contributed by atoms with Gasteiger partial charge in [-0.25, -0.2) is 0 Å². The van der Waals surface area contributed by atoms with Crippen LogP contribution in [0.25, 0.3) is 0 Å². The summed E-state index contributed by atoms with van der Waals surface area (Å²) in [7, 11) is 0. The molecule has 0 heterocycles. The van der Waals surface area contributed by atoms with Gasteiger partial charge in [-0.2, -0.15) is 0 Å². The quantitative estimate of drug-likeness (QED) is 0.0321. The molecule has 368 valence electrons. The number of carbonyl (C=O) groups is 2. The predicted octanol–water partition coefficient (Wildman–Crippen LogP) is 16.6. The summed E-state index contributed by atoms with van der Waals surface area (Å²) in [6.45, 7) is 6.35. The fourth-order valence-electron chi connectivity index (χ4n) is 8.39. The first kappa shape index (κ1) is 60.8. The zero-order chi connectivity index (χ0) is 45.9. The van der Waals surface area contributed by atoms with Crippen LogP contribution in [0.5, 0.6) is 0 Å². The van der Waals surface area contributed by atoms with Gasteiger partial charge in [-0.3, -0.25) is 9.59 Å². The average molecular weight is 884 g/mol. The lowest BCUT2D eigenvalue weighted by Gasteiger charge is -2.24. The molecule has 0 rings (SSSR count). The first-order chi connectivity index (χ1) is 31.0. The molecule has 0 aliphatic rings. The molecule has 0 aliphatic carbocycles. The highest BCUT2D eigenvalue weighted by Gasteiger charge is 2.24. The average Bonchev–Trinajstić information content (AvgIpc) is 3.28. The van der Waals surface area contributed by atoms with Crippen molar-refractivity contribution >= 4 is 11.9 Å². The SMILES string of the molecule is CC/C=C/C=C/C=C\C=C/CCCC(CC(=O)NC(CO)C(O)CCCCCCCCCCCCCCCCCCC)OC(=O)CCCCCCCCCCCCCCCCCC. The van der Waals surface area contributed by atoms with E-state index in [0.29, 0.717) is 19.3 Å². The Balaban J connectivity index is 4.49. The second-order valence-corrected chi connectivity index (χ2v) is 18.7. The van der Waals surface area contributed by atoms with E-state index in [1.807, 2.05) is 36.5 Å². The van der Waals surface area contributed by atoms with E-state index in [1.54, 1.807) is 0 Å². The lowest BCUT2D eigenvalue weighted by Crippen LogP contribution is -2.46. The van der Waals surface area contributed by atoms with E-state index in [2.05, 4.69) is 38.2 Å². The molecule has 3 unspecified atom stereocenters. The minimum atomic E-state index is -0.804. The summed E-state index contributed by atoms with van der Waals surface area (Å²) in [5.74, 6) is -0.531. The standard InChI is InChI=1S/C57H105NO5/c1-4-7-10-13-16-19-22-24-26-28-29-31-34-37-40-43-46-49-55(60)54(52-59)58-56(61)51-53(48-45-42-39-36-33-21-18-15-12-9-6-3)63-57(62)50-47-44-41-38-35-32-30-27-25-23-20-17-14-11-8-5-2/h9,12,15,18,21,33,36,39,53-55,59-60H,4-8,10-11,13-14,16-17,19-20,22-32,34-35,37-38,40-52H2,1-3H3,(H,58,61)/b12-9+,18-15+,33-21-,39-36-. The number of carbonyl (C=O) groups excluding carboxylic acids is 2. The van der Waals surface area contributed by atoms with Crippen LogP contribution in [0.2, 0.25) is 0 Å². The number of esters is 1. The van der Waals surface area contributed by atoms with Crippen LogP contribution >= 0.6 is 0 Å². The van der Waals surface area contributed by atoms with E-state index >= 15 is 0 Å². The maximum Gasteiger partial charge on any atom is 0.306 e. The molecule has 6 heteroatoms. The molecule has 0 fully saturated rings. The molecule has 0 aromatic carbocycles. The number of unbranched alkanes of at least 4 members (excludes halogenated alkanes) is 32. The van der Waals surface area contributed by atoms with Crippen LogP contribution in [0.15, 0.2) is 48.6 Å². The Hall–Kier alpha value is -2.18. The summed E-state index contributed by atoms with van der Waals surface area (Å²) < 4.78 is 5.90. The van der Waals surface area contributed by atoms with E-state index in [-0.39, 0.29) is 24.9 Å². The van der Waals surface area contributed by atoms with Gasteiger partial charge in [0.15, 0.2) is 0 Å². The van der Waals surface area contributed by atoms with Gasteiger partial charge < -0.3 is 20.3 Å². The second kappa shape index (κ2) is 50.8. The summed E-state index contributed by atoms with van der Waals surface area (Å²) >= 11 is 0. The first-order valence-corrected chi connectivity index (χ1v) is 27.4. The lowest BCUT2D eigenvalue weighted by molar-refractivity contribution is -0.151. The van der Waals surface area contributed by atoms with Gasteiger partial charge in [0.2, 0.25) is 5.91 Å². The number of ether oxygens (including phenoxy) is 1. The number of allylic oxidation sites excluding steroid dienone is 8. The van der Waals surface area contributed by atoms with Crippen molar-refractivity contribution in [2.24, 2.45) is 0 Å². The van der Waals surface area contributed by atoms with Crippen LogP contribution in [0.1, 0.15) is 278 Å². The third kappa shape index (κ3) is 46.2. The van der Waals surface area contributed by atoms with Gasteiger partial charge in [0.1, 0.15) is 6.10 Å². The van der Waals surface area contributed by atoms with Gasteiger partial charge in [-0.1, -0.05) is 275 Å². The highest BCUT2D eigenvalue weighted by atomic mass is 16.5. The van der Waals surface area contributed by atoms with E-state index in [1.165, 1.54) is 173 Å². The second-order valence-electron chi connectivity index (χ2n) is 18.7. The van der Waals surface area contributed by atoms with E-state index in [4.69, 9.17) is 4.74 Å². The van der Waals surface area contributed by atoms with Gasteiger partial charge in [-0.15, -0.1) is 0 Å². The van der Waals surface area contributed by atoms with Crippen molar-refractivity contribution in [3.63, 3.8) is 0 Å². The Morgan fingerprint density at radius 2 is 0.857 bits per heavy atom. The van der Waals surface area contributed by atoms with E-state index in [0.717, 1.165) is 57.8 Å². The van der Waals surface area contributed by atoms with Crippen molar-refractivity contribution in [2.75, 3.05) is 6.61 Å². The van der Waals surface area contributed by atoms with Gasteiger partial charge >= 0.3 is 5.97 Å². The number of aliphatic hydroxyl groups is 2. The molecule has 0 aromatic rings. The van der Waals surface area contributed by atoms with Crippen molar-refractivity contribution in [2.45, 2.75) is 296 Å². The molecular weight excluding hydrogens is 779 g/mol. The van der Waals surface area contributed by atoms with Crippen LogP contribution in [0.4, 0.5) is 0 Å². The van der Waals surface area contributed by atoms with Gasteiger partial charge in [0.25, 0.3) is 0 Å². The molecule has 0 saturated carbocycles. The van der Waals surface area contributed by atoms with Crippen molar-refractivity contribution < 1.29 is 24.5 Å². The fourth-order valence-corrected chi connectivity index (χ4v) is 8.39. The number of nitrogens with one attached hydrogen (secondary N) is 1. The monoisotopic (exact) mass is 884 g/mol. The molecule has 0 spiro atoms. The Morgan fingerprint density at radius 1 is 0.476 bits per heavy atom. The van der Waals surface area contributed by atoms with Crippen LogP contribution in [-0.2, 0) is 14.3 Å². The van der Waals surface area contributed by atoms with Crippen molar-refractivity contribution in [1.82, 2.24) is 5.32 Å². The van der Waals surface area contributed by atoms with Crippen LogP contribution < -0.4 is 5.32 Å². The largest absolute Gasteiger partial charge is 0.462 e. The lowest BCUT2D eigenvalue weighted by atomic mass is 10.0. The third-order valence-electron chi connectivity index (χ3n) is 12.5. The minimum Gasteiger partial charge on any atom is -0.462 e. The Labute approximate surface area is 391 Å². The molecule has 1 amide bonds. The Kier molecular flexibility index (Phi) is 49.1. The van der Waals surface area contributed by atoms with E-state index in [9.17, 15) is 19.8 Å². The molecule has 0 radical (unpaired) electrons. The Bertz CT molecular complexity index is 1080. The van der Waals surface area contributed by atoms with Gasteiger partial charge in [0, 0.05) is 6.42 Å². The summed E-state index contributed by atoms with van der Waals surface area (Å²) in [5, 5.41) is 23.8. The number of hydrogen-bond donors (Lipinski definition) is 3. The van der Waals surface area contributed by atoms with Crippen molar-refractivity contribution in [3.05, 3.63) is 48.6 Å². The third-order valence-corrected chi connectivity index (χ3v) is 12.5. The number of rotatable bonds is 49. The maximum atomic E-state index is 13.2. The summed E-state index contributed by atoms with van der Waals surface area (Å²) in [4.78, 5) is 26.1. The zero-order valence-corrected chi connectivity index (χ0v) is 42.0. The van der Waals surface area contributed by atoms with Gasteiger partial charge in [-0.05, 0) is 38.5 Å². The molecule has 0 aromatic heterocycles. The molecule has 0 saturated heterocycles. The highest BCUT2D eigenvalue weighted by Crippen LogP contribution is 2.18.